The fraction of sp³-hybridized carbons (Fsp3) is 0.222. The molecule has 0 aliphatic carbocycles. The molecule has 22 heavy (non-hydrogen) atoms. The number of anilines is 1. The largest absolute Gasteiger partial charge is 0.308 e. The van der Waals surface area contributed by atoms with Crippen molar-refractivity contribution >= 4 is 22.5 Å². The first-order valence-corrected chi connectivity index (χ1v) is 7.44. The molecule has 112 valence electrons. The zero-order valence-electron chi connectivity index (χ0n) is 12.8. The first-order valence-electron chi connectivity index (χ1n) is 7.44. The molecule has 0 fully saturated rings. The number of fused-ring (bicyclic) bond motifs is 1. The molecule has 1 heterocycles. The Kier molecular flexibility index (Phi) is 3.92. The van der Waals surface area contributed by atoms with E-state index in [1.165, 1.54) is 0 Å². The lowest BCUT2D eigenvalue weighted by atomic mass is 10.2. The topological polar surface area (TPSA) is 38.1 Å². The van der Waals surface area contributed by atoms with Crippen LogP contribution in [0.3, 0.4) is 0 Å². The zero-order valence-corrected chi connectivity index (χ0v) is 12.8. The molecule has 1 amide bonds. The van der Waals surface area contributed by atoms with Crippen LogP contribution in [0.15, 0.2) is 60.8 Å². The van der Waals surface area contributed by atoms with E-state index in [4.69, 9.17) is 0 Å². The number of hydrogen-bond acceptors (Lipinski definition) is 2. The van der Waals surface area contributed by atoms with Gasteiger partial charge in [0, 0.05) is 17.1 Å². The lowest BCUT2D eigenvalue weighted by molar-refractivity contribution is -0.119. The van der Waals surface area contributed by atoms with E-state index in [2.05, 4.69) is 5.10 Å². The fourth-order valence-electron chi connectivity index (χ4n) is 2.67. The number of hydrogen-bond donors (Lipinski definition) is 0. The Morgan fingerprint density at radius 2 is 1.77 bits per heavy atom. The van der Waals surface area contributed by atoms with Gasteiger partial charge in [-0.3, -0.25) is 9.48 Å². The van der Waals surface area contributed by atoms with Gasteiger partial charge in [0.2, 0.25) is 5.91 Å². The van der Waals surface area contributed by atoms with Crippen molar-refractivity contribution in [2.24, 2.45) is 0 Å². The average Bonchev–Trinajstić information content (AvgIpc) is 2.91. The smallest absolute Gasteiger partial charge is 0.248 e. The number of nitrogens with zero attached hydrogens (tertiary/aromatic N) is 3. The van der Waals surface area contributed by atoms with Crippen LogP contribution < -0.4 is 4.90 Å². The quantitative estimate of drug-likeness (QED) is 0.738. The maximum absolute atomic E-state index is 12.8. The predicted octanol–water partition coefficient (Wildman–Crippen LogP) is 3.48. The third-order valence-corrected chi connectivity index (χ3v) is 3.66. The molecule has 0 aliphatic heterocycles. The highest BCUT2D eigenvalue weighted by atomic mass is 16.2. The van der Waals surface area contributed by atoms with Gasteiger partial charge in [-0.15, -0.1) is 0 Å². The second-order valence-corrected chi connectivity index (χ2v) is 5.55. The number of para-hydroxylation sites is 2. The number of carbonyl (C=O) groups excluding carboxylic acids is 1. The number of carbonyl (C=O) groups is 1. The van der Waals surface area contributed by atoms with Gasteiger partial charge in [0.15, 0.2) is 0 Å². The lowest BCUT2D eigenvalue weighted by Gasteiger charge is -2.27. The first-order chi connectivity index (χ1) is 10.7. The Morgan fingerprint density at radius 1 is 1.09 bits per heavy atom. The van der Waals surface area contributed by atoms with Crippen LogP contribution in [0.1, 0.15) is 13.8 Å². The van der Waals surface area contributed by atoms with Crippen LogP contribution in [-0.2, 0) is 11.3 Å². The van der Waals surface area contributed by atoms with Gasteiger partial charge in [-0.05, 0) is 32.0 Å². The van der Waals surface area contributed by atoms with Crippen LogP contribution in [0.4, 0.5) is 5.69 Å². The maximum atomic E-state index is 12.8. The van der Waals surface area contributed by atoms with Gasteiger partial charge >= 0.3 is 0 Å². The van der Waals surface area contributed by atoms with Crippen LogP contribution in [-0.4, -0.2) is 21.7 Å². The first kappa shape index (κ1) is 14.3. The van der Waals surface area contributed by atoms with Crippen molar-refractivity contribution in [3.05, 3.63) is 60.8 Å². The van der Waals surface area contributed by atoms with E-state index in [0.29, 0.717) is 0 Å². The Bertz CT molecular complexity index is 777. The molecule has 0 aliphatic rings. The maximum Gasteiger partial charge on any atom is 0.248 e. The SMILES string of the molecule is CC(C)N(C(=O)Cn1ncc2ccccc21)c1ccccc1. The van der Waals surface area contributed by atoms with Gasteiger partial charge in [-0.1, -0.05) is 36.4 Å². The number of aromatic nitrogens is 2. The summed E-state index contributed by atoms with van der Waals surface area (Å²) in [4.78, 5) is 14.6. The molecule has 0 atom stereocenters. The van der Waals surface area contributed by atoms with Crippen LogP contribution in [0.2, 0.25) is 0 Å². The summed E-state index contributed by atoms with van der Waals surface area (Å²) in [5, 5.41) is 5.39. The monoisotopic (exact) mass is 293 g/mol. The molecular formula is C18H19N3O. The summed E-state index contributed by atoms with van der Waals surface area (Å²) in [7, 11) is 0. The molecule has 0 radical (unpaired) electrons. The molecule has 0 saturated heterocycles. The van der Waals surface area contributed by atoms with Crippen molar-refractivity contribution in [3.8, 4) is 0 Å². The molecular weight excluding hydrogens is 274 g/mol. The van der Waals surface area contributed by atoms with Crippen molar-refractivity contribution in [1.82, 2.24) is 9.78 Å². The van der Waals surface area contributed by atoms with Crippen molar-refractivity contribution in [2.75, 3.05) is 4.90 Å². The van der Waals surface area contributed by atoms with Gasteiger partial charge < -0.3 is 4.90 Å². The second kappa shape index (κ2) is 6.02. The molecule has 4 heteroatoms. The zero-order chi connectivity index (χ0) is 15.5. The summed E-state index contributed by atoms with van der Waals surface area (Å²) in [5.41, 5.74) is 1.89. The number of amides is 1. The molecule has 3 aromatic rings. The van der Waals surface area contributed by atoms with Crippen LogP contribution in [0.25, 0.3) is 10.9 Å². The van der Waals surface area contributed by atoms with E-state index >= 15 is 0 Å². The highest BCUT2D eigenvalue weighted by molar-refractivity contribution is 5.94. The van der Waals surface area contributed by atoms with Crippen molar-refractivity contribution in [2.45, 2.75) is 26.4 Å². The highest BCUT2D eigenvalue weighted by Gasteiger charge is 2.20. The molecule has 1 aromatic heterocycles. The minimum absolute atomic E-state index is 0.0371. The van der Waals surface area contributed by atoms with Gasteiger partial charge in [0.25, 0.3) is 0 Å². The van der Waals surface area contributed by atoms with Crippen LogP contribution in [0.5, 0.6) is 0 Å². The van der Waals surface area contributed by atoms with Crippen molar-refractivity contribution in [1.29, 1.82) is 0 Å². The van der Waals surface area contributed by atoms with Gasteiger partial charge in [-0.2, -0.15) is 5.10 Å². The second-order valence-electron chi connectivity index (χ2n) is 5.55. The lowest BCUT2D eigenvalue weighted by Crippen LogP contribution is -2.39. The standard InChI is InChI=1S/C18H19N3O/c1-14(2)21(16-9-4-3-5-10-16)18(22)13-20-17-11-7-6-8-15(17)12-19-20/h3-12,14H,13H2,1-2H3. The molecule has 0 spiro atoms. The van der Waals surface area contributed by atoms with Crippen LogP contribution in [0, 0.1) is 0 Å². The molecule has 0 saturated carbocycles. The van der Waals surface area contributed by atoms with Gasteiger partial charge in [-0.25, -0.2) is 0 Å². The highest BCUT2D eigenvalue weighted by Crippen LogP contribution is 2.18. The molecule has 4 nitrogen and oxygen atoms in total. The summed E-state index contributed by atoms with van der Waals surface area (Å²) in [5.74, 6) is 0.0371. The predicted molar refractivity (Wildman–Crippen MR) is 88.8 cm³/mol. The summed E-state index contributed by atoms with van der Waals surface area (Å²) < 4.78 is 1.76. The van der Waals surface area contributed by atoms with E-state index in [9.17, 15) is 4.79 Å². The summed E-state index contributed by atoms with van der Waals surface area (Å²) in [6, 6.07) is 17.8. The molecule has 0 bridgehead atoms. The summed E-state index contributed by atoms with van der Waals surface area (Å²) >= 11 is 0. The van der Waals surface area contributed by atoms with E-state index in [0.717, 1.165) is 16.6 Å². The van der Waals surface area contributed by atoms with Crippen molar-refractivity contribution < 1.29 is 4.79 Å². The Labute approximate surface area is 130 Å². The van der Waals surface area contributed by atoms with E-state index < -0.39 is 0 Å². The summed E-state index contributed by atoms with van der Waals surface area (Å²) in [6.45, 7) is 4.28. The minimum atomic E-state index is 0.0371. The fourth-order valence-corrected chi connectivity index (χ4v) is 2.67. The summed E-state index contributed by atoms with van der Waals surface area (Å²) in [6.07, 6.45) is 1.80. The third-order valence-electron chi connectivity index (χ3n) is 3.66. The van der Waals surface area contributed by atoms with Gasteiger partial charge in [0.1, 0.15) is 6.54 Å². The third kappa shape index (κ3) is 2.72. The van der Waals surface area contributed by atoms with Crippen molar-refractivity contribution in [3.63, 3.8) is 0 Å². The molecule has 0 unspecified atom stereocenters. The number of rotatable bonds is 4. The van der Waals surface area contributed by atoms with E-state index in [-0.39, 0.29) is 18.5 Å². The normalized spacial score (nSPS) is 11.0. The minimum Gasteiger partial charge on any atom is -0.308 e. The van der Waals surface area contributed by atoms with E-state index in [1.54, 1.807) is 10.9 Å². The Morgan fingerprint density at radius 3 is 2.50 bits per heavy atom. The van der Waals surface area contributed by atoms with Crippen LogP contribution >= 0.6 is 0 Å². The molecule has 2 aromatic carbocycles. The van der Waals surface area contributed by atoms with Gasteiger partial charge in [0.05, 0.1) is 11.7 Å². The molecule has 0 N–H and O–H groups in total. The molecule has 3 rings (SSSR count). The Balaban J connectivity index is 1.89. The number of benzene rings is 2. The average molecular weight is 293 g/mol. The Hall–Kier alpha value is -2.62. The van der Waals surface area contributed by atoms with E-state index in [1.807, 2.05) is 73.3 Å².